The summed E-state index contributed by atoms with van der Waals surface area (Å²) in [4.78, 5) is 0. The molecule has 3 rings (SSSR count). The third kappa shape index (κ3) is 2.27. The van der Waals surface area contributed by atoms with Gasteiger partial charge in [-0.25, -0.2) is 0 Å². The molecule has 0 aliphatic carbocycles. The summed E-state index contributed by atoms with van der Waals surface area (Å²) >= 11 is 0. The Balaban J connectivity index is 2.17. The number of benzene rings is 2. The van der Waals surface area contributed by atoms with Crippen LogP contribution in [0, 0.1) is 0 Å². The van der Waals surface area contributed by atoms with Crippen molar-refractivity contribution < 1.29 is 14.5 Å². The van der Waals surface area contributed by atoms with Crippen LogP contribution >= 0.6 is 0 Å². The zero-order valence-corrected chi connectivity index (χ0v) is 10.7. The van der Waals surface area contributed by atoms with Crippen LogP contribution in [0.1, 0.15) is 0 Å². The topological polar surface area (TPSA) is 53.6 Å². The van der Waals surface area contributed by atoms with E-state index < -0.39 is 7.12 Å². The fourth-order valence-corrected chi connectivity index (χ4v) is 2.28. The Morgan fingerprint density at radius 1 is 0.750 bits per heavy atom. The van der Waals surface area contributed by atoms with Gasteiger partial charge < -0.3 is 14.5 Å². The third-order valence-corrected chi connectivity index (χ3v) is 3.21. The van der Waals surface area contributed by atoms with Crippen molar-refractivity contribution in [3.63, 3.8) is 0 Å². The van der Waals surface area contributed by atoms with Crippen LogP contribution in [0.3, 0.4) is 0 Å². The van der Waals surface area contributed by atoms with E-state index in [0.717, 1.165) is 11.1 Å². The molecule has 20 heavy (non-hydrogen) atoms. The van der Waals surface area contributed by atoms with E-state index in [0.29, 0.717) is 16.8 Å². The largest absolute Gasteiger partial charge is 0.493 e. The maximum absolute atomic E-state index is 9.69. The lowest BCUT2D eigenvalue weighted by atomic mass is 9.75. The van der Waals surface area contributed by atoms with E-state index >= 15 is 0 Å². The monoisotopic (exact) mass is 264 g/mol. The summed E-state index contributed by atoms with van der Waals surface area (Å²) in [6, 6.07) is 18.9. The van der Waals surface area contributed by atoms with Crippen molar-refractivity contribution in [2.75, 3.05) is 0 Å². The molecule has 0 bridgehead atoms. The molecule has 0 radical (unpaired) electrons. The molecule has 4 heteroatoms. The first-order valence-corrected chi connectivity index (χ1v) is 6.35. The highest BCUT2D eigenvalue weighted by Gasteiger charge is 2.25. The number of hydrogen-bond acceptors (Lipinski definition) is 3. The Kier molecular flexibility index (Phi) is 3.42. The number of furan rings is 1. The fraction of sp³-hybridized carbons (Fsp3) is 0. The molecule has 0 fully saturated rings. The van der Waals surface area contributed by atoms with Crippen molar-refractivity contribution in [3.05, 3.63) is 66.9 Å². The SMILES string of the molecule is OB(O)c1c(-c2ccccc2)coc1-c1ccccc1. The van der Waals surface area contributed by atoms with Crippen molar-refractivity contribution in [2.24, 2.45) is 0 Å². The second-order valence-electron chi connectivity index (χ2n) is 4.50. The van der Waals surface area contributed by atoms with Crippen LogP contribution < -0.4 is 5.46 Å². The van der Waals surface area contributed by atoms with Crippen molar-refractivity contribution in [1.29, 1.82) is 0 Å². The summed E-state index contributed by atoms with van der Waals surface area (Å²) in [6.45, 7) is 0. The summed E-state index contributed by atoms with van der Waals surface area (Å²) in [6.07, 6.45) is 1.56. The molecule has 0 unspecified atom stereocenters. The Labute approximate surface area is 117 Å². The predicted octanol–water partition coefficient (Wildman–Crippen LogP) is 2.29. The highest BCUT2D eigenvalue weighted by Crippen LogP contribution is 2.26. The van der Waals surface area contributed by atoms with Gasteiger partial charge in [0, 0.05) is 16.6 Å². The molecule has 1 heterocycles. The van der Waals surface area contributed by atoms with Crippen molar-refractivity contribution in [3.8, 4) is 22.5 Å². The first-order valence-electron chi connectivity index (χ1n) is 6.35. The van der Waals surface area contributed by atoms with E-state index in [4.69, 9.17) is 4.42 Å². The van der Waals surface area contributed by atoms with Gasteiger partial charge >= 0.3 is 7.12 Å². The maximum Gasteiger partial charge on any atom is 0.493 e. The minimum Gasteiger partial charge on any atom is -0.464 e. The molecule has 2 aromatic carbocycles. The lowest BCUT2D eigenvalue weighted by Gasteiger charge is -2.05. The Bertz CT molecular complexity index is 633. The molecule has 0 saturated carbocycles. The minimum atomic E-state index is -1.58. The third-order valence-electron chi connectivity index (χ3n) is 3.21. The highest BCUT2D eigenvalue weighted by atomic mass is 16.4. The van der Waals surface area contributed by atoms with E-state index in [-0.39, 0.29) is 0 Å². The van der Waals surface area contributed by atoms with Gasteiger partial charge in [0.1, 0.15) is 5.76 Å². The van der Waals surface area contributed by atoms with Crippen LogP contribution in [-0.2, 0) is 0 Å². The molecule has 1 aromatic heterocycles. The summed E-state index contributed by atoms with van der Waals surface area (Å²) in [5, 5.41) is 19.4. The zero-order chi connectivity index (χ0) is 13.9. The van der Waals surface area contributed by atoms with E-state index in [2.05, 4.69) is 0 Å². The molecule has 0 spiro atoms. The van der Waals surface area contributed by atoms with Gasteiger partial charge in [0.2, 0.25) is 0 Å². The van der Waals surface area contributed by atoms with Crippen LogP contribution in [0.5, 0.6) is 0 Å². The van der Waals surface area contributed by atoms with Crippen molar-refractivity contribution >= 4 is 12.6 Å². The van der Waals surface area contributed by atoms with E-state index in [1.54, 1.807) is 6.26 Å². The highest BCUT2D eigenvalue weighted by molar-refractivity contribution is 6.62. The Morgan fingerprint density at radius 2 is 1.30 bits per heavy atom. The fourth-order valence-electron chi connectivity index (χ4n) is 2.28. The van der Waals surface area contributed by atoms with Crippen LogP contribution in [0.2, 0.25) is 0 Å². The number of hydrogen-bond donors (Lipinski definition) is 2. The lowest BCUT2D eigenvalue weighted by Crippen LogP contribution is -2.31. The van der Waals surface area contributed by atoms with Gasteiger partial charge in [-0.3, -0.25) is 0 Å². The van der Waals surface area contributed by atoms with E-state index in [9.17, 15) is 10.0 Å². The lowest BCUT2D eigenvalue weighted by molar-refractivity contribution is 0.425. The smallest absolute Gasteiger partial charge is 0.464 e. The molecule has 2 N–H and O–H groups in total. The number of rotatable bonds is 3. The summed E-state index contributed by atoms with van der Waals surface area (Å²) < 4.78 is 5.58. The van der Waals surface area contributed by atoms with Crippen molar-refractivity contribution in [2.45, 2.75) is 0 Å². The molecule has 0 atom stereocenters. The van der Waals surface area contributed by atoms with Gasteiger partial charge in [-0.2, -0.15) is 0 Å². The Hall–Kier alpha value is -2.30. The summed E-state index contributed by atoms with van der Waals surface area (Å²) in [5.41, 5.74) is 2.79. The normalized spacial score (nSPS) is 10.5. The predicted molar refractivity (Wildman–Crippen MR) is 79.4 cm³/mol. The first kappa shape index (κ1) is 12.7. The van der Waals surface area contributed by atoms with Gasteiger partial charge in [-0.1, -0.05) is 60.7 Å². The minimum absolute atomic E-state index is 0.391. The zero-order valence-electron chi connectivity index (χ0n) is 10.7. The van der Waals surface area contributed by atoms with Crippen molar-refractivity contribution in [1.82, 2.24) is 0 Å². The molecule has 3 nitrogen and oxygen atoms in total. The van der Waals surface area contributed by atoms with Gasteiger partial charge in [0.05, 0.1) is 6.26 Å². The van der Waals surface area contributed by atoms with Crippen LogP contribution in [0.25, 0.3) is 22.5 Å². The van der Waals surface area contributed by atoms with Gasteiger partial charge in [-0.05, 0) is 5.56 Å². The Morgan fingerprint density at radius 3 is 1.85 bits per heavy atom. The average Bonchev–Trinajstić information content (AvgIpc) is 2.94. The van der Waals surface area contributed by atoms with Gasteiger partial charge in [0.15, 0.2) is 0 Å². The summed E-state index contributed by atoms with van der Waals surface area (Å²) in [7, 11) is -1.58. The molecule has 3 aromatic rings. The van der Waals surface area contributed by atoms with Gasteiger partial charge in [0.25, 0.3) is 0 Å². The first-order chi connectivity index (χ1) is 9.77. The van der Waals surface area contributed by atoms with E-state index in [1.807, 2.05) is 60.7 Å². The average molecular weight is 264 g/mol. The molecule has 0 amide bonds. The maximum atomic E-state index is 9.69. The molecule has 98 valence electrons. The van der Waals surface area contributed by atoms with Crippen LogP contribution in [-0.4, -0.2) is 17.2 Å². The molecule has 0 aliphatic rings. The van der Waals surface area contributed by atoms with Crippen LogP contribution in [0.15, 0.2) is 71.3 Å². The van der Waals surface area contributed by atoms with Crippen LogP contribution in [0.4, 0.5) is 0 Å². The second-order valence-corrected chi connectivity index (χ2v) is 4.50. The molecular weight excluding hydrogens is 251 g/mol. The standard InChI is InChI=1S/C16H13BO3/c18-17(19)15-14(12-7-3-1-4-8-12)11-20-16(15)13-9-5-2-6-10-13/h1-11,18-19H. The van der Waals surface area contributed by atoms with Gasteiger partial charge in [-0.15, -0.1) is 0 Å². The quantitative estimate of drug-likeness (QED) is 0.713. The molecule has 0 saturated heterocycles. The second kappa shape index (κ2) is 5.37. The molecular formula is C16H13BO3. The van der Waals surface area contributed by atoms with E-state index in [1.165, 1.54) is 0 Å². The molecule has 0 aliphatic heterocycles. The summed E-state index contributed by atoms with van der Waals surface area (Å²) in [5.74, 6) is 0.486.